The maximum atomic E-state index is 12.3. The van der Waals surface area contributed by atoms with Crippen molar-refractivity contribution in [2.24, 2.45) is 22.5 Å². The first kappa shape index (κ1) is 15.6. The minimum atomic E-state index is -0.232. The lowest BCUT2D eigenvalue weighted by atomic mass is 9.74. The second kappa shape index (κ2) is 5.81. The monoisotopic (exact) mass is 227 g/mol. The normalized spacial score (nSPS) is 14.9. The van der Waals surface area contributed by atoms with Gasteiger partial charge >= 0.3 is 0 Å². The van der Waals surface area contributed by atoms with E-state index in [1.165, 1.54) is 0 Å². The van der Waals surface area contributed by atoms with E-state index in [1.807, 2.05) is 20.8 Å². The van der Waals surface area contributed by atoms with E-state index in [1.54, 1.807) is 0 Å². The average Bonchev–Trinajstić information content (AvgIpc) is 2.07. The quantitative estimate of drug-likeness (QED) is 0.782. The lowest BCUT2D eigenvalue weighted by Crippen LogP contribution is -2.31. The van der Waals surface area contributed by atoms with Gasteiger partial charge in [-0.3, -0.25) is 4.79 Å². The van der Waals surface area contributed by atoms with Crippen molar-refractivity contribution in [3.05, 3.63) is 0 Å². The van der Waals surface area contributed by atoms with Gasteiger partial charge in [-0.2, -0.15) is 0 Å². The number of nitrogens with two attached hydrogens (primary N) is 1. The highest BCUT2D eigenvalue weighted by Crippen LogP contribution is 2.32. The molecule has 0 aromatic rings. The van der Waals surface area contributed by atoms with Gasteiger partial charge in [0.1, 0.15) is 5.78 Å². The Bertz CT molecular complexity index is 220. The van der Waals surface area contributed by atoms with E-state index in [0.717, 1.165) is 19.3 Å². The third-order valence-electron chi connectivity index (χ3n) is 2.73. The van der Waals surface area contributed by atoms with Crippen LogP contribution < -0.4 is 5.73 Å². The lowest BCUT2D eigenvalue weighted by Gasteiger charge is -2.29. The summed E-state index contributed by atoms with van der Waals surface area (Å²) in [5.74, 6) is 0.555. The van der Waals surface area contributed by atoms with Gasteiger partial charge in [0.2, 0.25) is 0 Å². The van der Waals surface area contributed by atoms with E-state index in [4.69, 9.17) is 5.73 Å². The van der Waals surface area contributed by atoms with Gasteiger partial charge in [0, 0.05) is 11.3 Å². The first-order valence-electron chi connectivity index (χ1n) is 6.32. The number of carbonyl (C=O) groups excluding carboxylic acids is 1. The highest BCUT2D eigenvalue weighted by molar-refractivity contribution is 5.85. The summed E-state index contributed by atoms with van der Waals surface area (Å²) >= 11 is 0. The third kappa shape index (κ3) is 6.26. The molecule has 16 heavy (non-hydrogen) atoms. The summed E-state index contributed by atoms with van der Waals surface area (Å²) in [6.45, 7) is 13.3. The smallest absolute Gasteiger partial charge is 0.141 e. The molecule has 0 aromatic heterocycles. The fourth-order valence-electron chi connectivity index (χ4n) is 2.04. The summed E-state index contributed by atoms with van der Waals surface area (Å²) in [7, 11) is 0. The fourth-order valence-corrected chi connectivity index (χ4v) is 2.04. The molecule has 2 N–H and O–H groups in total. The Balaban J connectivity index is 4.61. The van der Waals surface area contributed by atoms with Crippen LogP contribution >= 0.6 is 0 Å². The molecule has 0 amide bonds. The second-order valence-corrected chi connectivity index (χ2v) is 7.01. The Morgan fingerprint density at radius 1 is 1.12 bits per heavy atom. The molecule has 2 nitrogen and oxygen atoms in total. The molecule has 0 saturated heterocycles. The first-order chi connectivity index (χ1) is 7.08. The predicted molar refractivity (Wildman–Crippen MR) is 70.3 cm³/mol. The van der Waals surface area contributed by atoms with Crippen molar-refractivity contribution in [1.82, 2.24) is 0 Å². The van der Waals surface area contributed by atoms with Crippen LogP contribution in [0.5, 0.6) is 0 Å². The van der Waals surface area contributed by atoms with Crippen LogP contribution in [-0.2, 0) is 4.79 Å². The number of hydrogen-bond donors (Lipinski definition) is 1. The summed E-state index contributed by atoms with van der Waals surface area (Å²) in [6, 6.07) is 0. The lowest BCUT2D eigenvalue weighted by molar-refractivity contribution is -0.131. The molecule has 0 spiro atoms. The summed E-state index contributed by atoms with van der Waals surface area (Å²) in [4.78, 5) is 12.3. The third-order valence-corrected chi connectivity index (χ3v) is 2.73. The van der Waals surface area contributed by atoms with E-state index in [9.17, 15) is 4.79 Å². The molecule has 1 atom stereocenters. The van der Waals surface area contributed by atoms with Gasteiger partial charge in [0.15, 0.2) is 0 Å². The molecule has 96 valence electrons. The second-order valence-electron chi connectivity index (χ2n) is 7.01. The highest BCUT2D eigenvalue weighted by atomic mass is 16.1. The molecule has 0 aliphatic carbocycles. The molecule has 0 aromatic carbocycles. The molecule has 0 heterocycles. The van der Waals surface area contributed by atoms with Crippen molar-refractivity contribution < 1.29 is 4.79 Å². The first-order valence-corrected chi connectivity index (χ1v) is 6.32. The van der Waals surface area contributed by atoms with Gasteiger partial charge in [0.25, 0.3) is 0 Å². The molecule has 2 heteroatoms. The van der Waals surface area contributed by atoms with Crippen LogP contribution in [0.3, 0.4) is 0 Å². The molecule has 0 rings (SSSR count). The zero-order valence-corrected chi connectivity index (χ0v) is 11.9. The Labute approximate surface area is 101 Å². The Kier molecular flexibility index (Phi) is 5.67. The highest BCUT2D eigenvalue weighted by Gasteiger charge is 2.31. The maximum Gasteiger partial charge on any atom is 0.141 e. The van der Waals surface area contributed by atoms with Crippen molar-refractivity contribution in [1.29, 1.82) is 0 Å². The van der Waals surface area contributed by atoms with Crippen molar-refractivity contribution in [3.63, 3.8) is 0 Å². The molecule has 0 bridgehead atoms. The van der Waals surface area contributed by atoms with E-state index >= 15 is 0 Å². The number of ketones is 1. The number of hydrogen-bond acceptors (Lipinski definition) is 2. The fraction of sp³-hybridized carbons (Fsp3) is 0.929. The molecular weight excluding hydrogens is 198 g/mol. The van der Waals surface area contributed by atoms with Gasteiger partial charge in [-0.15, -0.1) is 0 Å². The van der Waals surface area contributed by atoms with Crippen molar-refractivity contribution in [2.45, 2.75) is 60.8 Å². The van der Waals surface area contributed by atoms with Gasteiger partial charge < -0.3 is 5.73 Å². The topological polar surface area (TPSA) is 43.1 Å². The van der Waals surface area contributed by atoms with Crippen LogP contribution in [0, 0.1) is 16.7 Å². The number of rotatable bonds is 5. The molecule has 1 unspecified atom stereocenters. The van der Waals surface area contributed by atoms with Crippen LogP contribution in [0.4, 0.5) is 0 Å². The van der Waals surface area contributed by atoms with Gasteiger partial charge in [-0.05, 0) is 31.2 Å². The van der Waals surface area contributed by atoms with Gasteiger partial charge in [0.05, 0.1) is 0 Å². The number of Topliss-reactive ketones (excluding diaryl/α,β-unsaturated/α-hetero) is 1. The van der Waals surface area contributed by atoms with E-state index < -0.39 is 0 Å². The SMILES string of the molecule is CC(C)(C)CC(CCCN)C(=O)C(C)(C)C. The average molecular weight is 227 g/mol. The van der Waals surface area contributed by atoms with Crippen LogP contribution in [0.1, 0.15) is 60.8 Å². The molecular formula is C14H29NO. The molecule has 0 saturated carbocycles. The van der Waals surface area contributed by atoms with E-state index in [-0.39, 0.29) is 16.7 Å². The van der Waals surface area contributed by atoms with Crippen LogP contribution in [0.2, 0.25) is 0 Å². The van der Waals surface area contributed by atoms with Crippen LogP contribution in [-0.4, -0.2) is 12.3 Å². The van der Waals surface area contributed by atoms with E-state index in [2.05, 4.69) is 20.8 Å². The summed E-state index contributed by atoms with van der Waals surface area (Å²) in [6.07, 6.45) is 2.84. The van der Waals surface area contributed by atoms with Crippen molar-refractivity contribution >= 4 is 5.78 Å². The Hall–Kier alpha value is -0.370. The summed E-state index contributed by atoms with van der Waals surface area (Å²) < 4.78 is 0. The van der Waals surface area contributed by atoms with Crippen LogP contribution in [0.25, 0.3) is 0 Å². The van der Waals surface area contributed by atoms with Gasteiger partial charge in [-0.1, -0.05) is 41.5 Å². The standard InChI is InChI=1S/C14H29NO/c1-13(2,3)10-11(8-7-9-15)12(16)14(4,5)6/h11H,7-10,15H2,1-6H3. The van der Waals surface area contributed by atoms with Crippen molar-refractivity contribution in [2.75, 3.05) is 6.54 Å². The van der Waals surface area contributed by atoms with Crippen molar-refractivity contribution in [3.8, 4) is 0 Å². The Morgan fingerprint density at radius 2 is 1.62 bits per heavy atom. The largest absolute Gasteiger partial charge is 0.330 e. The Morgan fingerprint density at radius 3 is 1.94 bits per heavy atom. The maximum absolute atomic E-state index is 12.3. The molecule has 0 radical (unpaired) electrons. The zero-order valence-electron chi connectivity index (χ0n) is 11.9. The van der Waals surface area contributed by atoms with Gasteiger partial charge in [-0.25, -0.2) is 0 Å². The minimum Gasteiger partial charge on any atom is -0.330 e. The molecule has 0 aliphatic heterocycles. The molecule has 0 fully saturated rings. The summed E-state index contributed by atoms with van der Waals surface area (Å²) in [5, 5.41) is 0. The summed E-state index contributed by atoms with van der Waals surface area (Å²) in [5.41, 5.74) is 5.52. The zero-order chi connectivity index (χ0) is 13.0. The minimum absolute atomic E-state index is 0.170. The van der Waals surface area contributed by atoms with Crippen LogP contribution in [0.15, 0.2) is 0 Å². The predicted octanol–water partition coefficient (Wildman–Crippen LogP) is 3.39. The molecule has 0 aliphatic rings. The number of carbonyl (C=O) groups is 1. The van der Waals surface area contributed by atoms with E-state index in [0.29, 0.717) is 12.3 Å².